The van der Waals surface area contributed by atoms with Crippen molar-refractivity contribution in [1.82, 2.24) is 9.97 Å². The van der Waals surface area contributed by atoms with Gasteiger partial charge in [-0.25, -0.2) is 4.98 Å². The molecule has 98 valence electrons. The second kappa shape index (κ2) is 5.95. The summed E-state index contributed by atoms with van der Waals surface area (Å²) in [4.78, 5) is 22.0. The molecule has 0 aromatic carbocycles. The van der Waals surface area contributed by atoms with Crippen LogP contribution in [-0.2, 0) is 0 Å². The summed E-state index contributed by atoms with van der Waals surface area (Å²) in [5, 5.41) is 3.09. The molecule has 2 rings (SSSR count). The normalized spacial score (nSPS) is 10.0. The van der Waals surface area contributed by atoms with Gasteiger partial charge in [-0.05, 0) is 31.2 Å². The molecular formula is C14H16N4O. The number of pyridine rings is 2. The van der Waals surface area contributed by atoms with Gasteiger partial charge in [0, 0.05) is 43.4 Å². The van der Waals surface area contributed by atoms with Crippen molar-refractivity contribution in [2.24, 2.45) is 0 Å². The zero-order valence-electron chi connectivity index (χ0n) is 11.0. The first-order valence-electron chi connectivity index (χ1n) is 6.10. The van der Waals surface area contributed by atoms with E-state index >= 15 is 0 Å². The lowest BCUT2D eigenvalue weighted by Crippen LogP contribution is -2.26. The minimum Gasteiger partial charge on any atom is -0.370 e. The van der Waals surface area contributed by atoms with Crippen molar-refractivity contribution in [2.45, 2.75) is 6.92 Å². The molecule has 2 aromatic heterocycles. The van der Waals surface area contributed by atoms with Crippen molar-refractivity contribution < 1.29 is 4.79 Å². The van der Waals surface area contributed by atoms with Crippen LogP contribution in [0.3, 0.4) is 0 Å². The van der Waals surface area contributed by atoms with Crippen LogP contribution in [0, 0.1) is 0 Å². The summed E-state index contributed by atoms with van der Waals surface area (Å²) in [5.74, 6) is 0.629. The second-order valence-corrected chi connectivity index (χ2v) is 4.03. The van der Waals surface area contributed by atoms with Crippen LogP contribution in [-0.4, -0.2) is 29.5 Å². The SMILES string of the molecule is CCNc1cc(C(=O)N(C)c2ccncc2)ccn1. The van der Waals surface area contributed by atoms with E-state index in [1.54, 1.807) is 54.8 Å². The highest BCUT2D eigenvalue weighted by Gasteiger charge is 2.13. The summed E-state index contributed by atoms with van der Waals surface area (Å²) in [5.41, 5.74) is 1.41. The van der Waals surface area contributed by atoms with Crippen molar-refractivity contribution in [3.63, 3.8) is 0 Å². The van der Waals surface area contributed by atoms with Gasteiger partial charge < -0.3 is 10.2 Å². The van der Waals surface area contributed by atoms with Crippen molar-refractivity contribution in [2.75, 3.05) is 23.8 Å². The highest BCUT2D eigenvalue weighted by molar-refractivity contribution is 6.06. The minimum absolute atomic E-state index is 0.0762. The lowest BCUT2D eigenvalue weighted by atomic mass is 10.2. The Morgan fingerprint density at radius 2 is 2.00 bits per heavy atom. The van der Waals surface area contributed by atoms with Gasteiger partial charge in [-0.1, -0.05) is 0 Å². The molecule has 0 aliphatic rings. The van der Waals surface area contributed by atoms with E-state index in [0.717, 1.165) is 12.2 Å². The van der Waals surface area contributed by atoms with E-state index in [1.165, 1.54) is 0 Å². The predicted octanol–water partition coefficient (Wildman–Crippen LogP) is 2.18. The van der Waals surface area contributed by atoms with Crippen molar-refractivity contribution in [3.8, 4) is 0 Å². The fraction of sp³-hybridized carbons (Fsp3) is 0.214. The van der Waals surface area contributed by atoms with Crippen LogP contribution in [0.1, 0.15) is 17.3 Å². The zero-order chi connectivity index (χ0) is 13.7. The molecule has 2 aromatic rings. The predicted molar refractivity (Wildman–Crippen MR) is 75.4 cm³/mol. The maximum Gasteiger partial charge on any atom is 0.258 e. The summed E-state index contributed by atoms with van der Waals surface area (Å²) in [6.07, 6.45) is 4.96. The average Bonchev–Trinajstić information content (AvgIpc) is 2.47. The van der Waals surface area contributed by atoms with Crippen LogP contribution in [0.5, 0.6) is 0 Å². The number of amides is 1. The van der Waals surface area contributed by atoms with Gasteiger partial charge in [-0.2, -0.15) is 0 Å². The summed E-state index contributed by atoms with van der Waals surface area (Å²) < 4.78 is 0. The first-order valence-corrected chi connectivity index (χ1v) is 6.10. The topological polar surface area (TPSA) is 58.1 Å². The Morgan fingerprint density at radius 1 is 1.26 bits per heavy atom. The number of anilines is 2. The fourth-order valence-electron chi connectivity index (χ4n) is 1.72. The van der Waals surface area contributed by atoms with Crippen LogP contribution in [0.25, 0.3) is 0 Å². The standard InChI is InChI=1S/C14H16N4O/c1-3-16-13-10-11(4-9-17-13)14(19)18(2)12-5-7-15-8-6-12/h4-10H,3H2,1-2H3,(H,16,17). The first-order chi connectivity index (χ1) is 9.22. The number of rotatable bonds is 4. The van der Waals surface area contributed by atoms with Crippen LogP contribution in [0.4, 0.5) is 11.5 Å². The van der Waals surface area contributed by atoms with Crippen molar-refractivity contribution >= 4 is 17.4 Å². The minimum atomic E-state index is -0.0762. The molecule has 0 aliphatic carbocycles. The van der Waals surface area contributed by atoms with Gasteiger partial charge in [-0.15, -0.1) is 0 Å². The quantitative estimate of drug-likeness (QED) is 0.911. The third kappa shape index (κ3) is 3.07. The second-order valence-electron chi connectivity index (χ2n) is 4.03. The van der Waals surface area contributed by atoms with E-state index < -0.39 is 0 Å². The molecule has 1 N–H and O–H groups in total. The zero-order valence-corrected chi connectivity index (χ0v) is 11.0. The van der Waals surface area contributed by atoms with E-state index in [2.05, 4.69) is 15.3 Å². The van der Waals surface area contributed by atoms with E-state index in [9.17, 15) is 4.79 Å². The third-order valence-electron chi connectivity index (χ3n) is 2.72. The highest BCUT2D eigenvalue weighted by atomic mass is 16.2. The number of hydrogen-bond donors (Lipinski definition) is 1. The molecule has 19 heavy (non-hydrogen) atoms. The van der Waals surface area contributed by atoms with Gasteiger partial charge in [0.1, 0.15) is 5.82 Å². The van der Waals surface area contributed by atoms with E-state index in [0.29, 0.717) is 11.4 Å². The Hall–Kier alpha value is -2.43. The highest BCUT2D eigenvalue weighted by Crippen LogP contribution is 2.15. The Morgan fingerprint density at radius 3 is 2.68 bits per heavy atom. The summed E-state index contributed by atoms with van der Waals surface area (Å²) in [6, 6.07) is 7.05. The first kappa shape index (κ1) is 13.0. The Kier molecular flexibility index (Phi) is 4.07. The summed E-state index contributed by atoms with van der Waals surface area (Å²) >= 11 is 0. The van der Waals surface area contributed by atoms with Gasteiger partial charge in [0.05, 0.1) is 0 Å². The molecule has 0 atom stereocenters. The monoisotopic (exact) mass is 256 g/mol. The molecule has 5 heteroatoms. The summed E-state index contributed by atoms with van der Waals surface area (Å²) in [6.45, 7) is 2.75. The number of nitrogens with zero attached hydrogens (tertiary/aromatic N) is 3. The fourth-order valence-corrected chi connectivity index (χ4v) is 1.72. The van der Waals surface area contributed by atoms with Crippen LogP contribution in [0.2, 0.25) is 0 Å². The number of nitrogens with one attached hydrogen (secondary N) is 1. The smallest absolute Gasteiger partial charge is 0.258 e. The van der Waals surface area contributed by atoms with Crippen LogP contribution >= 0.6 is 0 Å². The van der Waals surface area contributed by atoms with E-state index in [4.69, 9.17) is 0 Å². The Bertz CT molecular complexity index is 556. The molecular weight excluding hydrogens is 240 g/mol. The molecule has 1 amide bonds. The lowest BCUT2D eigenvalue weighted by Gasteiger charge is -2.17. The maximum absolute atomic E-state index is 12.4. The van der Waals surface area contributed by atoms with Gasteiger partial charge in [0.2, 0.25) is 0 Å². The number of hydrogen-bond acceptors (Lipinski definition) is 4. The molecule has 2 heterocycles. The largest absolute Gasteiger partial charge is 0.370 e. The Labute approximate surface area is 112 Å². The van der Waals surface area contributed by atoms with Gasteiger partial charge in [-0.3, -0.25) is 9.78 Å². The molecule has 0 saturated carbocycles. The van der Waals surface area contributed by atoms with Gasteiger partial charge in [0.25, 0.3) is 5.91 Å². The third-order valence-corrected chi connectivity index (χ3v) is 2.72. The molecule has 0 aliphatic heterocycles. The number of aromatic nitrogens is 2. The molecule has 0 radical (unpaired) electrons. The summed E-state index contributed by atoms with van der Waals surface area (Å²) in [7, 11) is 1.74. The maximum atomic E-state index is 12.4. The average molecular weight is 256 g/mol. The lowest BCUT2D eigenvalue weighted by molar-refractivity contribution is 0.0993. The molecule has 0 unspecified atom stereocenters. The Balaban J connectivity index is 2.22. The molecule has 0 saturated heterocycles. The van der Waals surface area contributed by atoms with Crippen molar-refractivity contribution in [1.29, 1.82) is 0 Å². The molecule has 0 spiro atoms. The van der Waals surface area contributed by atoms with E-state index in [-0.39, 0.29) is 5.91 Å². The van der Waals surface area contributed by atoms with Gasteiger partial charge in [0.15, 0.2) is 0 Å². The van der Waals surface area contributed by atoms with E-state index in [1.807, 2.05) is 6.92 Å². The molecule has 5 nitrogen and oxygen atoms in total. The molecule has 0 fully saturated rings. The molecule has 0 bridgehead atoms. The van der Waals surface area contributed by atoms with Crippen LogP contribution in [0.15, 0.2) is 42.9 Å². The van der Waals surface area contributed by atoms with Crippen LogP contribution < -0.4 is 10.2 Å². The van der Waals surface area contributed by atoms with Gasteiger partial charge >= 0.3 is 0 Å². The van der Waals surface area contributed by atoms with Crippen molar-refractivity contribution in [3.05, 3.63) is 48.4 Å². The number of carbonyl (C=O) groups is 1. The number of carbonyl (C=O) groups excluding carboxylic acids is 1.